The van der Waals surface area contributed by atoms with E-state index in [-0.39, 0.29) is 30.3 Å². The smallest absolute Gasteiger partial charge is 0.369 e. The third-order valence-electron chi connectivity index (χ3n) is 14.2. The molecule has 9 rings (SSSR count). The number of hydrogen-bond acceptors (Lipinski definition) is 10. The number of aromatic nitrogens is 5. The molecule has 4 aliphatic rings. The van der Waals surface area contributed by atoms with Crippen LogP contribution >= 0.6 is 0 Å². The molecule has 0 bridgehead atoms. The average molecular weight is 968 g/mol. The predicted molar refractivity (Wildman–Crippen MR) is 258 cm³/mol. The van der Waals surface area contributed by atoms with E-state index in [1.807, 2.05) is 43.1 Å². The van der Waals surface area contributed by atoms with Gasteiger partial charge in [-0.1, -0.05) is 51.2 Å². The van der Waals surface area contributed by atoms with Crippen LogP contribution in [0, 0.1) is 5.92 Å². The molecule has 1 N–H and O–H groups in total. The number of amides is 4. The van der Waals surface area contributed by atoms with Gasteiger partial charge >= 0.3 is 11.9 Å². The molecule has 6 heterocycles. The summed E-state index contributed by atoms with van der Waals surface area (Å²) in [6.07, 6.45) is 9.50. The third-order valence-corrected chi connectivity index (χ3v) is 14.2. The minimum absolute atomic E-state index is 0.0133. The van der Waals surface area contributed by atoms with Crippen LogP contribution in [-0.4, -0.2) is 133 Å². The number of imidazole rings is 1. The van der Waals surface area contributed by atoms with Crippen molar-refractivity contribution in [3.8, 4) is 5.69 Å². The van der Waals surface area contributed by atoms with Crippen molar-refractivity contribution in [2.75, 3.05) is 64.3 Å². The number of likely N-dealkylation sites (tertiary alicyclic amines) is 1. The quantitative estimate of drug-likeness (QED) is 0.123. The maximum Gasteiger partial charge on any atom is 0.418 e. The standard InChI is InChI=1S/C47H56F3N11O5.C4H8/c1-4-6-40(44(64)51-31-62)60-28-35-24-36(9-10-38(35)45(60)65)57-19-17-56(18-20-57)26-32-11-15-58(16-12-32)43(63)13-14-54(2)25-34-22-39(47(48,49)50)41-29-59(46(66)61(41)27-34)37-8-5-7-33(21-37)23-42-53-52-30-55(42)3;1-2-4-3-1/h5,7-10,21-22,24,27,29-32,40H,4,6,11-20,23,25-26,28H2,1-3H3,(H,51,62,64);1-4H2. The Morgan fingerprint density at radius 2 is 1.67 bits per heavy atom. The highest BCUT2D eigenvalue weighted by atomic mass is 19.4. The number of alkyl halides is 3. The Balaban J connectivity index is 0.00000157. The number of nitrogens with zero attached hydrogens (tertiary/aromatic N) is 10. The fraction of sp³-hybridized carbons (Fsp3) is 0.510. The molecule has 4 amide bonds. The molecule has 70 heavy (non-hydrogen) atoms. The first-order valence-electron chi connectivity index (χ1n) is 24.6. The number of fused-ring (bicyclic) bond motifs is 2. The number of benzene rings is 2. The van der Waals surface area contributed by atoms with E-state index in [9.17, 15) is 37.1 Å². The van der Waals surface area contributed by atoms with Crippen LogP contribution in [0.1, 0.15) is 103 Å². The first kappa shape index (κ1) is 50.1. The largest absolute Gasteiger partial charge is 0.418 e. The summed E-state index contributed by atoms with van der Waals surface area (Å²) < 4.78 is 47.5. The molecule has 374 valence electrons. The molecule has 1 aliphatic carbocycles. The van der Waals surface area contributed by atoms with Crippen molar-refractivity contribution in [3.05, 3.63) is 111 Å². The minimum atomic E-state index is -4.71. The van der Waals surface area contributed by atoms with E-state index in [1.54, 1.807) is 45.9 Å². The molecule has 5 aromatic rings. The Morgan fingerprint density at radius 3 is 2.33 bits per heavy atom. The monoisotopic (exact) mass is 968 g/mol. The highest BCUT2D eigenvalue weighted by Crippen LogP contribution is 2.34. The van der Waals surface area contributed by atoms with Crippen LogP contribution in [0.5, 0.6) is 0 Å². The average Bonchev–Trinajstić information content (AvgIpc) is 3.99. The van der Waals surface area contributed by atoms with Gasteiger partial charge in [0.05, 0.1) is 16.8 Å². The molecule has 1 atom stereocenters. The number of imide groups is 1. The van der Waals surface area contributed by atoms with Crippen LogP contribution in [-0.2, 0) is 47.1 Å². The molecule has 3 aromatic heterocycles. The zero-order valence-electron chi connectivity index (χ0n) is 40.4. The minimum Gasteiger partial charge on any atom is -0.369 e. The second kappa shape index (κ2) is 22.2. The molecule has 1 saturated carbocycles. The van der Waals surface area contributed by atoms with Crippen molar-refractivity contribution in [1.82, 2.24) is 48.6 Å². The van der Waals surface area contributed by atoms with Gasteiger partial charge in [-0.3, -0.25) is 38.4 Å². The molecule has 1 unspecified atom stereocenters. The van der Waals surface area contributed by atoms with Crippen LogP contribution in [0.3, 0.4) is 0 Å². The van der Waals surface area contributed by atoms with Gasteiger partial charge in [-0.2, -0.15) is 13.2 Å². The number of aryl methyl sites for hydroxylation is 1. The molecule has 0 spiro atoms. The van der Waals surface area contributed by atoms with Gasteiger partial charge in [0, 0.05) is 109 Å². The van der Waals surface area contributed by atoms with Gasteiger partial charge in [-0.25, -0.2) is 4.79 Å². The van der Waals surface area contributed by atoms with Crippen molar-refractivity contribution < 1.29 is 32.3 Å². The number of piperazine rings is 1. The molecule has 3 fully saturated rings. The lowest BCUT2D eigenvalue weighted by Gasteiger charge is -2.39. The number of pyridine rings is 1. The number of carbonyl (C=O) groups excluding carboxylic acids is 4. The fourth-order valence-corrected chi connectivity index (χ4v) is 9.85. The number of piperidine rings is 1. The number of nitrogens with one attached hydrogen (secondary N) is 1. The summed E-state index contributed by atoms with van der Waals surface area (Å²) in [4.78, 5) is 73.8. The maximum atomic E-state index is 14.5. The second-order valence-electron chi connectivity index (χ2n) is 19.2. The van der Waals surface area contributed by atoms with E-state index in [1.165, 1.54) is 42.6 Å². The van der Waals surface area contributed by atoms with Gasteiger partial charge in [0.2, 0.25) is 18.2 Å². The summed E-state index contributed by atoms with van der Waals surface area (Å²) >= 11 is 0. The topological polar surface area (TPSA) is 154 Å². The van der Waals surface area contributed by atoms with Crippen LogP contribution in [0.4, 0.5) is 18.9 Å². The van der Waals surface area contributed by atoms with Gasteiger partial charge in [0.1, 0.15) is 18.2 Å². The Bertz CT molecular complexity index is 2710. The van der Waals surface area contributed by atoms with E-state index in [2.05, 4.69) is 25.3 Å². The lowest BCUT2D eigenvalue weighted by atomic mass is 9.95. The van der Waals surface area contributed by atoms with Crippen LogP contribution < -0.4 is 15.9 Å². The van der Waals surface area contributed by atoms with Gasteiger partial charge in [-0.05, 0) is 85.3 Å². The molecule has 2 saturated heterocycles. The molecule has 2 aromatic carbocycles. The summed E-state index contributed by atoms with van der Waals surface area (Å²) in [6, 6.07) is 13.3. The van der Waals surface area contributed by atoms with Crippen molar-refractivity contribution in [2.45, 2.75) is 96.4 Å². The van der Waals surface area contributed by atoms with Crippen LogP contribution in [0.25, 0.3) is 11.2 Å². The first-order valence-corrected chi connectivity index (χ1v) is 24.6. The van der Waals surface area contributed by atoms with Gasteiger partial charge in [-0.15, -0.1) is 10.2 Å². The Morgan fingerprint density at radius 1 is 0.929 bits per heavy atom. The summed E-state index contributed by atoms with van der Waals surface area (Å²) in [5.74, 6) is 0.508. The van der Waals surface area contributed by atoms with Crippen molar-refractivity contribution >= 4 is 35.3 Å². The maximum absolute atomic E-state index is 14.5. The second-order valence-corrected chi connectivity index (χ2v) is 19.2. The summed E-state index contributed by atoms with van der Waals surface area (Å²) in [7, 11) is 3.58. The Hall–Kier alpha value is -6.34. The Kier molecular flexibility index (Phi) is 15.9. The normalized spacial score (nSPS) is 17.1. The lowest BCUT2D eigenvalue weighted by molar-refractivity contribution is -0.136. The fourth-order valence-electron chi connectivity index (χ4n) is 9.85. The van der Waals surface area contributed by atoms with Crippen molar-refractivity contribution in [2.24, 2.45) is 13.0 Å². The molecule has 16 nitrogen and oxygen atoms in total. The van der Waals surface area contributed by atoms with Gasteiger partial charge in [0.25, 0.3) is 5.91 Å². The number of rotatable bonds is 16. The number of halogens is 3. The highest BCUT2D eigenvalue weighted by Gasteiger charge is 2.37. The van der Waals surface area contributed by atoms with Crippen LogP contribution in [0.15, 0.2) is 72.0 Å². The zero-order chi connectivity index (χ0) is 49.5. The molecule has 3 aliphatic heterocycles. The Labute approximate surface area is 406 Å². The van der Waals surface area contributed by atoms with E-state index in [4.69, 9.17) is 0 Å². The lowest BCUT2D eigenvalue weighted by Crippen LogP contribution is -2.49. The van der Waals surface area contributed by atoms with Crippen LogP contribution in [0.2, 0.25) is 0 Å². The predicted octanol–water partition coefficient (Wildman–Crippen LogP) is 5.67. The first-order chi connectivity index (χ1) is 33.7. The van der Waals surface area contributed by atoms with Crippen molar-refractivity contribution in [1.29, 1.82) is 0 Å². The molecular weight excluding hydrogens is 904 g/mol. The molecule has 0 radical (unpaired) electrons. The number of hydrogen-bond donors (Lipinski definition) is 1. The summed E-state index contributed by atoms with van der Waals surface area (Å²) in [5.41, 5.74) is 2.29. The SMILES string of the molecule is C1CCC1.CCCC(C(=O)NC=O)N1Cc2cc(N3CCN(CC4CCN(C(=O)CCN(C)Cc5cc(C(F)(F)F)c6cn(-c7cccc(Cc8nncn8C)c7)c(=O)n6c5)CC4)CC3)ccc2C1=O. The molecular formula is C51H64F3N11O5. The number of carbonyl (C=O) groups is 4. The van der Waals surface area contributed by atoms with E-state index in [0.29, 0.717) is 80.4 Å². The highest BCUT2D eigenvalue weighted by molar-refractivity contribution is 6.02. The van der Waals surface area contributed by atoms with Crippen molar-refractivity contribution in [3.63, 3.8) is 0 Å². The molecule has 19 heteroatoms. The summed E-state index contributed by atoms with van der Waals surface area (Å²) in [6.45, 7) is 8.40. The van der Waals surface area contributed by atoms with E-state index in [0.717, 1.165) is 72.8 Å². The summed E-state index contributed by atoms with van der Waals surface area (Å²) in [5, 5.41) is 10.2. The zero-order valence-corrected chi connectivity index (χ0v) is 40.4. The van der Waals surface area contributed by atoms with Gasteiger partial charge < -0.3 is 24.2 Å². The van der Waals surface area contributed by atoms with Gasteiger partial charge in [0.15, 0.2) is 0 Å². The number of anilines is 1. The third kappa shape index (κ3) is 11.6. The van der Waals surface area contributed by atoms with E-state index >= 15 is 0 Å². The van der Waals surface area contributed by atoms with E-state index < -0.39 is 29.4 Å².